The van der Waals surface area contributed by atoms with E-state index in [0.29, 0.717) is 25.3 Å². The van der Waals surface area contributed by atoms with E-state index in [1.54, 1.807) is 19.1 Å². The summed E-state index contributed by atoms with van der Waals surface area (Å²) >= 11 is 0. The molecule has 5 nitrogen and oxygen atoms in total. The lowest BCUT2D eigenvalue weighted by Gasteiger charge is -2.06. The van der Waals surface area contributed by atoms with Crippen molar-refractivity contribution in [2.45, 2.75) is 13.3 Å². The molecule has 0 saturated carbocycles. The fourth-order valence-electron chi connectivity index (χ4n) is 1.09. The van der Waals surface area contributed by atoms with Crippen molar-refractivity contribution >= 4 is 17.4 Å². The molecule has 0 aliphatic rings. The molecule has 0 unspecified atom stereocenters. The van der Waals surface area contributed by atoms with Crippen LogP contribution < -0.4 is 10.6 Å². The van der Waals surface area contributed by atoms with Gasteiger partial charge in [0.25, 0.3) is 0 Å². The summed E-state index contributed by atoms with van der Waals surface area (Å²) < 4.78 is 0. The lowest BCUT2D eigenvalue weighted by molar-refractivity contribution is -0.116. The minimum atomic E-state index is 0.159. The van der Waals surface area contributed by atoms with E-state index in [1.807, 2.05) is 0 Å². The first-order chi connectivity index (χ1) is 7.72. The van der Waals surface area contributed by atoms with Crippen molar-refractivity contribution in [3.8, 4) is 0 Å². The number of ketones is 1. The minimum absolute atomic E-state index is 0.159. The van der Waals surface area contributed by atoms with Crippen LogP contribution in [0.15, 0.2) is 25.0 Å². The number of aromatic nitrogens is 2. The molecule has 1 aromatic heterocycles. The molecule has 0 bridgehead atoms. The molecular formula is C11H16N4O. The van der Waals surface area contributed by atoms with Gasteiger partial charge in [-0.3, -0.25) is 4.79 Å². The summed E-state index contributed by atoms with van der Waals surface area (Å²) in [4.78, 5) is 18.8. The SMILES string of the molecule is C=CCNc1cc(NCCC(C)=O)ncn1. The van der Waals surface area contributed by atoms with Crippen LogP contribution in [-0.4, -0.2) is 28.8 Å². The molecule has 16 heavy (non-hydrogen) atoms. The van der Waals surface area contributed by atoms with E-state index in [2.05, 4.69) is 27.2 Å². The highest BCUT2D eigenvalue weighted by Crippen LogP contribution is 2.07. The summed E-state index contributed by atoms with van der Waals surface area (Å²) in [6, 6.07) is 1.80. The highest BCUT2D eigenvalue weighted by molar-refractivity contribution is 5.75. The summed E-state index contributed by atoms with van der Waals surface area (Å²) in [6.07, 6.45) is 3.73. The molecule has 0 radical (unpaired) electrons. The Labute approximate surface area is 95.0 Å². The van der Waals surface area contributed by atoms with Gasteiger partial charge in [-0.25, -0.2) is 9.97 Å². The lowest BCUT2D eigenvalue weighted by Crippen LogP contribution is -2.08. The third-order valence-corrected chi connectivity index (χ3v) is 1.88. The van der Waals surface area contributed by atoms with Gasteiger partial charge in [0.2, 0.25) is 0 Å². The van der Waals surface area contributed by atoms with Crippen LogP contribution in [0.25, 0.3) is 0 Å². The van der Waals surface area contributed by atoms with Gasteiger partial charge in [0, 0.05) is 25.6 Å². The molecular weight excluding hydrogens is 204 g/mol. The second kappa shape index (κ2) is 6.55. The molecule has 1 aromatic rings. The van der Waals surface area contributed by atoms with E-state index in [0.717, 1.165) is 5.82 Å². The van der Waals surface area contributed by atoms with E-state index in [1.165, 1.54) is 6.33 Å². The Kier molecular flexibility index (Phi) is 4.98. The second-order valence-electron chi connectivity index (χ2n) is 3.34. The molecule has 0 fully saturated rings. The Balaban J connectivity index is 2.46. The van der Waals surface area contributed by atoms with Crippen molar-refractivity contribution in [1.82, 2.24) is 9.97 Å². The predicted octanol–water partition coefficient (Wildman–Crippen LogP) is 1.47. The summed E-state index contributed by atoms with van der Waals surface area (Å²) in [5.74, 6) is 1.61. The molecule has 0 amide bonds. The summed E-state index contributed by atoms with van der Waals surface area (Å²) in [6.45, 7) is 6.42. The molecule has 0 saturated heterocycles. The van der Waals surface area contributed by atoms with Gasteiger partial charge in [-0.2, -0.15) is 0 Å². The smallest absolute Gasteiger partial charge is 0.131 e. The van der Waals surface area contributed by atoms with Crippen LogP contribution in [0, 0.1) is 0 Å². The molecule has 5 heteroatoms. The van der Waals surface area contributed by atoms with Gasteiger partial charge in [-0.15, -0.1) is 6.58 Å². The van der Waals surface area contributed by atoms with Crippen molar-refractivity contribution in [3.63, 3.8) is 0 Å². The van der Waals surface area contributed by atoms with Crippen molar-refractivity contribution in [3.05, 3.63) is 25.0 Å². The predicted molar refractivity (Wildman–Crippen MR) is 64.5 cm³/mol. The van der Waals surface area contributed by atoms with Crippen molar-refractivity contribution in [2.24, 2.45) is 0 Å². The fraction of sp³-hybridized carbons (Fsp3) is 0.364. The highest BCUT2D eigenvalue weighted by Gasteiger charge is 1.98. The minimum Gasteiger partial charge on any atom is -0.369 e. The average Bonchev–Trinajstić information content (AvgIpc) is 2.26. The van der Waals surface area contributed by atoms with E-state index in [-0.39, 0.29) is 5.78 Å². The Bertz CT molecular complexity index is 365. The van der Waals surface area contributed by atoms with Crippen LogP contribution in [0.3, 0.4) is 0 Å². The van der Waals surface area contributed by atoms with Crippen molar-refractivity contribution in [1.29, 1.82) is 0 Å². The third kappa shape index (κ3) is 4.54. The summed E-state index contributed by atoms with van der Waals surface area (Å²) in [7, 11) is 0. The topological polar surface area (TPSA) is 66.9 Å². The number of nitrogens with one attached hydrogen (secondary N) is 2. The maximum absolute atomic E-state index is 10.7. The first-order valence-corrected chi connectivity index (χ1v) is 5.12. The normalized spacial score (nSPS) is 9.56. The molecule has 0 aromatic carbocycles. The molecule has 0 aliphatic carbocycles. The highest BCUT2D eigenvalue weighted by atomic mass is 16.1. The number of hydrogen-bond donors (Lipinski definition) is 2. The third-order valence-electron chi connectivity index (χ3n) is 1.88. The van der Waals surface area contributed by atoms with Gasteiger partial charge >= 0.3 is 0 Å². The Hall–Kier alpha value is -1.91. The van der Waals surface area contributed by atoms with Crippen LogP contribution in [-0.2, 0) is 4.79 Å². The number of nitrogens with zero attached hydrogens (tertiary/aromatic N) is 2. The number of Topliss-reactive ketones (excluding diaryl/α,β-unsaturated/α-hetero) is 1. The van der Waals surface area contributed by atoms with Crippen LogP contribution in [0.5, 0.6) is 0 Å². The standard InChI is InChI=1S/C11H16N4O/c1-3-5-12-10-7-11(15-8-14-10)13-6-4-9(2)16/h3,7-8H,1,4-6H2,2H3,(H2,12,13,14,15). The van der Waals surface area contributed by atoms with Crippen LogP contribution in [0.2, 0.25) is 0 Å². The monoisotopic (exact) mass is 220 g/mol. The van der Waals surface area contributed by atoms with E-state index >= 15 is 0 Å². The summed E-state index contributed by atoms with van der Waals surface area (Å²) in [5.41, 5.74) is 0. The van der Waals surface area contributed by atoms with E-state index < -0.39 is 0 Å². The zero-order valence-corrected chi connectivity index (χ0v) is 9.36. The maximum Gasteiger partial charge on any atom is 0.131 e. The fourth-order valence-corrected chi connectivity index (χ4v) is 1.09. The molecule has 0 aliphatic heterocycles. The van der Waals surface area contributed by atoms with E-state index in [9.17, 15) is 4.79 Å². The first-order valence-electron chi connectivity index (χ1n) is 5.12. The molecule has 1 heterocycles. The molecule has 1 rings (SSSR count). The van der Waals surface area contributed by atoms with Gasteiger partial charge in [0.1, 0.15) is 23.7 Å². The van der Waals surface area contributed by atoms with Gasteiger partial charge in [0.05, 0.1) is 0 Å². The Morgan fingerprint density at radius 2 is 2.12 bits per heavy atom. The number of rotatable bonds is 7. The number of carbonyl (C=O) groups is 1. The van der Waals surface area contributed by atoms with Gasteiger partial charge in [0.15, 0.2) is 0 Å². The number of hydrogen-bond acceptors (Lipinski definition) is 5. The number of anilines is 2. The van der Waals surface area contributed by atoms with Crippen molar-refractivity contribution in [2.75, 3.05) is 23.7 Å². The second-order valence-corrected chi connectivity index (χ2v) is 3.34. The van der Waals surface area contributed by atoms with Crippen LogP contribution >= 0.6 is 0 Å². The Morgan fingerprint density at radius 1 is 1.44 bits per heavy atom. The molecule has 2 N–H and O–H groups in total. The van der Waals surface area contributed by atoms with Gasteiger partial charge in [-0.05, 0) is 6.92 Å². The zero-order valence-electron chi connectivity index (χ0n) is 9.36. The largest absolute Gasteiger partial charge is 0.369 e. The van der Waals surface area contributed by atoms with E-state index in [4.69, 9.17) is 0 Å². The van der Waals surface area contributed by atoms with Gasteiger partial charge < -0.3 is 10.6 Å². The molecule has 0 atom stereocenters. The average molecular weight is 220 g/mol. The van der Waals surface area contributed by atoms with Crippen molar-refractivity contribution < 1.29 is 4.79 Å². The van der Waals surface area contributed by atoms with Crippen LogP contribution in [0.4, 0.5) is 11.6 Å². The quantitative estimate of drug-likeness (QED) is 0.681. The first kappa shape index (κ1) is 12.2. The zero-order chi connectivity index (χ0) is 11.8. The molecule has 0 spiro atoms. The Morgan fingerprint density at radius 3 is 2.75 bits per heavy atom. The maximum atomic E-state index is 10.7. The van der Waals surface area contributed by atoms with Gasteiger partial charge in [-0.1, -0.05) is 6.08 Å². The lowest BCUT2D eigenvalue weighted by atomic mass is 10.3. The number of carbonyl (C=O) groups excluding carboxylic acids is 1. The molecule has 86 valence electrons. The van der Waals surface area contributed by atoms with Crippen LogP contribution in [0.1, 0.15) is 13.3 Å². The summed E-state index contributed by atoms with van der Waals surface area (Å²) in [5, 5.41) is 6.11.